The molecule has 1 aliphatic carbocycles. The Balaban J connectivity index is 2.88. The molecule has 2 atom stereocenters. The smallest absolute Gasteiger partial charge is 0.309 e. The van der Waals surface area contributed by atoms with Gasteiger partial charge in [0.15, 0.2) is 0 Å². The molecule has 1 saturated carbocycles. The van der Waals surface area contributed by atoms with Crippen molar-refractivity contribution < 1.29 is 9.90 Å². The van der Waals surface area contributed by atoms with E-state index in [2.05, 4.69) is 13.8 Å². The molecule has 70 valence electrons. The molecule has 1 rings (SSSR count). The van der Waals surface area contributed by atoms with Gasteiger partial charge in [-0.1, -0.05) is 13.8 Å². The van der Waals surface area contributed by atoms with Gasteiger partial charge in [0.25, 0.3) is 0 Å². The molecule has 1 aliphatic rings. The predicted molar refractivity (Wildman–Crippen MR) is 47.9 cm³/mol. The molecule has 0 aliphatic heterocycles. The van der Waals surface area contributed by atoms with Gasteiger partial charge in [0.2, 0.25) is 0 Å². The summed E-state index contributed by atoms with van der Waals surface area (Å²) in [5.74, 6) is -0.0812. The van der Waals surface area contributed by atoms with Crippen molar-refractivity contribution >= 4 is 5.97 Å². The van der Waals surface area contributed by atoms with E-state index in [1.54, 1.807) is 0 Å². The lowest BCUT2D eigenvalue weighted by Gasteiger charge is -2.30. The first-order chi connectivity index (χ1) is 5.38. The van der Waals surface area contributed by atoms with Crippen molar-refractivity contribution in [1.29, 1.82) is 0 Å². The summed E-state index contributed by atoms with van der Waals surface area (Å²) in [5.41, 5.74) is -0.486. The Morgan fingerprint density at radius 2 is 2.08 bits per heavy atom. The first kappa shape index (κ1) is 9.56. The van der Waals surface area contributed by atoms with Crippen LogP contribution >= 0.6 is 0 Å². The molecule has 0 bridgehead atoms. The van der Waals surface area contributed by atoms with Crippen LogP contribution in [-0.2, 0) is 4.79 Å². The van der Waals surface area contributed by atoms with Crippen LogP contribution in [0.3, 0.4) is 0 Å². The van der Waals surface area contributed by atoms with E-state index in [-0.39, 0.29) is 5.41 Å². The minimum absolute atomic E-state index is 0.0683. The monoisotopic (exact) mass is 170 g/mol. The Labute approximate surface area is 74.0 Å². The third-order valence-corrected chi connectivity index (χ3v) is 3.86. The highest BCUT2D eigenvalue weighted by Crippen LogP contribution is 2.65. The average Bonchev–Trinajstić information content (AvgIpc) is 2.62. The van der Waals surface area contributed by atoms with Gasteiger partial charge in [0.1, 0.15) is 0 Å². The summed E-state index contributed by atoms with van der Waals surface area (Å²) in [4.78, 5) is 11.0. The van der Waals surface area contributed by atoms with E-state index in [1.165, 1.54) is 0 Å². The molecule has 1 fully saturated rings. The van der Waals surface area contributed by atoms with Crippen LogP contribution in [0.2, 0.25) is 0 Å². The Bertz CT molecular complexity index is 204. The van der Waals surface area contributed by atoms with Gasteiger partial charge in [0.05, 0.1) is 5.41 Å². The number of carboxylic acid groups (broad SMARTS) is 1. The van der Waals surface area contributed by atoms with Gasteiger partial charge in [-0.15, -0.1) is 0 Å². The molecular formula is C10H18O2. The maximum absolute atomic E-state index is 11.0. The van der Waals surface area contributed by atoms with Gasteiger partial charge in [-0.25, -0.2) is 0 Å². The summed E-state index contributed by atoms with van der Waals surface area (Å²) in [6, 6.07) is 0. The van der Waals surface area contributed by atoms with Gasteiger partial charge in [0, 0.05) is 0 Å². The largest absolute Gasteiger partial charge is 0.481 e. The Morgan fingerprint density at radius 3 is 2.17 bits per heavy atom. The van der Waals surface area contributed by atoms with Crippen LogP contribution < -0.4 is 0 Å². The van der Waals surface area contributed by atoms with Gasteiger partial charge >= 0.3 is 5.97 Å². The van der Waals surface area contributed by atoms with E-state index in [9.17, 15) is 4.79 Å². The van der Waals surface area contributed by atoms with Crippen LogP contribution in [0.5, 0.6) is 0 Å². The van der Waals surface area contributed by atoms with Crippen molar-refractivity contribution in [3.63, 3.8) is 0 Å². The van der Waals surface area contributed by atoms with Crippen molar-refractivity contribution in [2.24, 2.45) is 16.7 Å². The molecule has 0 amide bonds. The lowest BCUT2D eigenvalue weighted by atomic mass is 9.73. The molecule has 0 aromatic carbocycles. The zero-order chi connectivity index (χ0) is 9.57. The normalized spacial score (nSPS) is 34.8. The topological polar surface area (TPSA) is 37.3 Å². The third kappa shape index (κ3) is 0.970. The highest BCUT2D eigenvalue weighted by Gasteiger charge is 2.62. The Hall–Kier alpha value is -0.530. The standard InChI is InChI=1S/C10H18O2/c1-5-10(6-7(10)2)9(3,4)8(11)12/h7H,5-6H2,1-4H3,(H,11,12). The van der Waals surface area contributed by atoms with E-state index in [4.69, 9.17) is 5.11 Å². The number of rotatable bonds is 3. The highest BCUT2D eigenvalue weighted by molar-refractivity contribution is 5.75. The summed E-state index contributed by atoms with van der Waals surface area (Å²) in [6.07, 6.45) is 2.05. The van der Waals surface area contributed by atoms with Crippen molar-refractivity contribution in [3.8, 4) is 0 Å². The summed E-state index contributed by atoms with van der Waals surface area (Å²) in [7, 11) is 0. The van der Waals surface area contributed by atoms with Gasteiger partial charge in [-0.05, 0) is 38.0 Å². The lowest BCUT2D eigenvalue weighted by molar-refractivity contribution is -0.151. The minimum atomic E-state index is -0.659. The molecule has 2 unspecified atom stereocenters. The molecule has 0 aromatic heterocycles. The molecular weight excluding hydrogens is 152 g/mol. The summed E-state index contributed by atoms with van der Waals surface area (Å²) >= 11 is 0. The molecule has 0 radical (unpaired) electrons. The summed E-state index contributed by atoms with van der Waals surface area (Å²) in [5, 5.41) is 9.07. The molecule has 0 heterocycles. The zero-order valence-corrected chi connectivity index (χ0v) is 8.35. The molecule has 0 spiro atoms. The Morgan fingerprint density at radius 1 is 1.67 bits per heavy atom. The molecule has 2 nitrogen and oxygen atoms in total. The lowest BCUT2D eigenvalue weighted by Crippen LogP contribution is -2.35. The van der Waals surface area contributed by atoms with Crippen LogP contribution in [0.1, 0.15) is 40.5 Å². The first-order valence-electron chi connectivity index (χ1n) is 4.62. The van der Waals surface area contributed by atoms with E-state index >= 15 is 0 Å². The van der Waals surface area contributed by atoms with E-state index in [0.29, 0.717) is 5.92 Å². The fourth-order valence-electron chi connectivity index (χ4n) is 2.51. The molecule has 1 N–H and O–H groups in total. The van der Waals surface area contributed by atoms with Crippen molar-refractivity contribution in [2.45, 2.75) is 40.5 Å². The van der Waals surface area contributed by atoms with Crippen LogP contribution in [0.15, 0.2) is 0 Å². The maximum atomic E-state index is 11.0. The van der Waals surface area contributed by atoms with Crippen LogP contribution in [0.25, 0.3) is 0 Å². The molecule has 0 aromatic rings. The summed E-state index contributed by atoms with van der Waals surface area (Å²) < 4.78 is 0. The highest BCUT2D eigenvalue weighted by atomic mass is 16.4. The van der Waals surface area contributed by atoms with E-state index in [1.807, 2.05) is 13.8 Å². The first-order valence-corrected chi connectivity index (χ1v) is 4.62. The second kappa shape index (κ2) is 2.48. The van der Waals surface area contributed by atoms with Crippen molar-refractivity contribution in [2.75, 3.05) is 0 Å². The van der Waals surface area contributed by atoms with Crippen LogP contribution in [0.4, 0.5) is 0 Å². The summed E-state index contributed by atoms with van der Waals surface area (Å²) in [6.45, 7) is 7.94. The van der Waals surface area contributed by atoms with Crippen molar-refractivity contribution in [1.82, 2.24) is 0 Å². The fraction of sp³-hybridized carbons (Fsp3) is 0.900. The number of carboxylic acids is 1. The van der Waals surface area contributed by atoms with Crippen LogP contribution in [0, 0.1) is 16.7 Å². The van der Waals surface area contributed by atoms with E-state index < -0.39 is 11.4 Å². The Kier molecular flexibility index (Phi) is 1.97. The number of aliphatic carboxylic acids is 1. The number of hydrogen-bond acceptors (Lipinski definition) is 1. The fourth-order valence-corrected chi connectivity index (χ4v) is 2.51. The second-order valence-electron chi connectivity index (χ2n) is 4.55. The van der Waals surface area contributed by atoms with Crippen molar-refractivity contribution in [3.05, 3.63) is 0 Å². The SMILES string of the molecule is CCC1(C(C)(C)C(=O)O)CC1C. The average molecular weight is 170 g/mol. The molecule has 2 heteroatoms. The van der Waals surface area contributed by atoms with Crippen LogP contribution in [-0.4, -0.2) is 11.1 Å². The third-order valence-electron chi connectivity index (χ3n) is 3.86. The second-order valence-corrected chi connectivity index (χ2v) is 4.55. The van der Waals surface area contributed by atoms with Gasteiger partial charge < -0.3 is 5.11 Å². The quantitative estimate of drug-likeness (QED) is 0.706. The molecule has 12 heavy (non-hydrogen) atoms. The number of hydrogen-bond donors (Lipinski definition) is 1. The number of carbonyl (C=O) groups is 1. The van der Waals surface area contributed by atoms with E-state index in [0.717, 1.165) is 12.8 Å². The van der Waals surface area contributed by atoms with Gasteiger partial charge in [-0.2, -0.15) is 0 Å². The van der Waals surface area contributed by atoms with Gasteiger partial charge in [-0.3, -0.25) is 4.79 Å². The molecule has 0 saturated heterocycles. The maximum Gasteiger partial charge on any atom is 0.309 e. The predicted octanol–water partition coefficient (Wildman–Crippen LogP) is 2.53. The minimum Gasteiger partial charge on any atom is -0.481 e. The zero-order valence-electron chi connectivity index (χ0n) is 8.35.